The minimum absolute atomic E-state index is 0.0695. The molecule has 2 amide bonds. The molecule has 0 fully saturated rings. The van der Waals surface area contributed by atoms with E-state index in [1.54, 1.807) is 6.07 Å². The lowest BCUT2D eigenvalue weighted by molar-refractivity contribution is -0.383. The van der Waals surface area contributed by atoms with Crippen molar-refractivity contribution in [1.29, 1.82) is 0 Å². The van der Waals surface area contributed by atoms with Crippen molar-refractivity contribution in [1.82, 2.24) is 14.8 Å². The number of rotatable bonds is 5. The van der Waals surface area contributed by atoms with Gasteiger partial charge in [-0.1, -0.05) is 42.0 Å². The zero-order chi connectivity index (χ0) is 20.5. The monoisotopic (exact) mass is 392 g/mol. The predicted octanol–water partition coefficient (Wildman–Crippen LogP) is 2.68. The van der Waals surface area contributed by atoms with Crippen molar-refractivity contribution >= 4 is 29.1 Å². The van der Waals surface area contributed by atoms with E-state index in [1.165, 1.54) is 22.9 Å². The number of aromatic nitrogens is 3. The van der Waals surface area contributed by atoms with Crippen molar-refractivity contribution < 1.29 is 14.5 Å². The van der Waals surface area contributed by atoms with Crippen LogP contribution in [0, 0.1) is 17.0 Å². The Morgan fingerprint density at radius 1 is 1.24 bits per heavy atom. The van der Waals surface area contributed by atoms with E-state index >= 15 is 0 Å². The minimum Gasteiger partial charge on any atom is -0.320 e. The lowest BCUT2D eigenvalue weighted by Gasteiger charge is -2.10. The Morgan fingerprint density at radius 3 is 2.69 bits per heavy atom. The van der Waals surface area contributed by atoms with E-state index in [-0.39, 0.29) is 23.7 Å². The first-order valence-corrected chi connectivity index (χ1v) is 8.80. The number of carbonyl (C=O) groups excluding carboxylic acids is 2. The molecule has 4 rings (SSSR count). The maximum absolute atomic E-state index is 12.4. The molecular weight excluding hydrogens is 376 g/mol. The fourth-order valence-corrected chi connectivity index (χ4v) is 3.05. The van der Waals surface area contributed by atoms with Crippen molar-refractivity contribution in [2.45, 2.75) is 19.4 Å². The smallest absolute Gasteiger partial charge is 0.292 e. The third-order valence-corrected chi connectivity index (χ3v) is 4.53. The van der Waals surface area contributed by atoms with Crippen molar-refractivity contribution in [3.8, 4) is 11.4 Å². The largest absolute Gasteiger partial charge is 0.320 e. The van der Waals surface area contributed by atoms with Crippen LogP contribution >= 0.6 is 0 Å². The quantitative estimate of drug-likeness (QED) is 0.507. The van der Waals surface area contributed by atoms with E-state index < -0.39 is 22.8 Å². The number of nitro benzene ring substituents is 1. The van der Waals surface area contributed by atoms with E-state index in [4.69, 9.17) is 0 Å². The molecule has 0 bridgehead atoms. The number of anilines is 2. The molecule has 0 radical (unpaired) electrons. The van der Waals surface area contributed by atoms with Crippen molar-refractivity contribution in [3.63, 3.8) is 0 Å². The van der Waals surface area contributed by atoms with Gasteiger partial charge in [0.2, 0.25) is 11.9 Å². The number of hydrogen-bond acceptors (Lipinski definition) is 6. The summed E-state index contributed by atoms with van der Waals surface area (Å²) < 4.78 is 1.37. The van der Waals surface area contributed by atoms with E-state index in [0.29, 0.717) is 5.82 Å². The normalized spacial score (nSPS) is 14.9. The van der Waals surface area contributed by atoms with E-state index in [2.05, 4.69) is 20.7 Å². The number of fused-ring (bicyclic) bond motifs is 1. The molecule has 2 aromatic carbocycles. The molecule has 3 aromatic rings. The summed E-state index contributed by atoms with van der Waals surface area (Å²) in [7, 11) is 0. The van der Waals surface area contributed by atoms with Gasteiger partial charge in [0.1, 0.15) is 11.7 Å². The highest BCUT2D eigenvalue weighted by Crippen LogP contribution is 2.29. The SMILES string of the molecule is Cc1ccc(-c2nc3n(n2)[C@@H](CC(=O)Nc2ccccc2[N+](=O)[O-])C(=O)N3)cc1. The van der Waals surface area contributed by atoms with Gasteiger partial charge >= 0.3 is 0 Å². The predicted molar refractivity (Wildman–Crippen MR) is 104 cm³/mol. The van der Waals surface area contributed by atoms with Crippen molar-refractivity contribution in [2.24, 2.45) is 0 Å². The number of hydrogen-bond donors (Lipinski definition) is 2. The van der Waals surface area contributed by atoms with Gasteiger partial charge in [0.05, 0.1) is 11.3 Å². The number of nitro groups is 1. The molecule has 0 unspecified atom stereocenters. The molecule has 1 aliphatic heterocycles. The van der Waals surface area contributed by atoms with Crippen LogP contribution in [0.15, 0.2) is 48.5 Å². The lowest BCUT2D eigenvalue weighted by atomic mass is 10.1. The number of aryl methyl sites for hydroxylation is 1. The van der Waals surface area contributed by atoms with Gasteiger partial charge in [0, 0.05) is 11.6 Å². The molecule has 10 heteroatoms. The summed E-state index contributed by atoms with van der Waals surface area (Å²) in [5.41, 5.74) is 1.73. The standard InChI is InChI=1S/C19H16N6O4/c1-11-6-8-12(9-7-11)17-21-19-22-18(27)15(24(19)23-17)10-16(26)20-13-4-2-3-5-14(13)25(28)29/h2-9,15H,10H2,1H3,(H,20,26)(H,21,22,23,27)/t15-/m0/s1. The molecule has 29 heavy (non-hydrogen) atoms. The molecule has 1 atom stereocenters. The Balaban J connectivity index is 1.53. The average Bonchev–Trinajstić information content (AvgIpc) is 3.21. The Labute approximate surface area is 164 Å². The van der Waals surface area contributed by atoms with Gasteiger partial charge in [-0.3, -0.25) is 25.0 Å². The zero-order valence-electron chi connectivity index (χ0n) is 15.3. The van der Waals surface area contributed by atoms with E-state index in [9.17, 15) is 19.7 Å². The molecule has 0 spiro atoms. The van der Waals surface area contributed by atoms with Crippen LogP contribution in [0.2, 0.25) is 0 Å². The van der Waals surface area contributed by atoms with Crippen LogP contribution in [0.25, 0.3) is 11.4 Å². The Morgan fingerprint density at radius 2 is 1.97 bits per heavy atom. The number of nitrogens with one attached hydrogen (secondary N) is 2. The van der Waals surface area contributed by atoms with Crippen LogP contribution in [-0.2, 0) is 9.59 Å². The summed E-state index contributed by atoms with van der Waals surface area (Å²) in [6.45, 7) is 1.97. The highest BCUT2D eigenvalue weighted by atomic mass is 16.6. The Hall–Kier alpha value is -4.08. The van der Waals surface area contributed by atoms with E-state index in [0.717, 1.165) is 11.1 Å². The Bertz CT molecular complexity index is 1120. The van der Waals surface area contributed by atoms with Gasteiger partial charge in [-0.25, -0.2) is 4.68 Å². The average molecular weight is 392 g/mol. The number of benzene rings is 2. The second kappa shape index (κ2) is 7.15. The zero-order valence-corrected chi connectivity index (χ0v) is 15.3. The lowest BCUT2D eigenvalue weighted by Crippen LogP contribution is -2.24. The van der Waals surface area contributed by atoms with Gasteiger partial charge in [0.15, 0.2) is 5.82 Å². The molecule has 0 aliphatic carbocycles. The van der Waals surface area contributed by atoms with Crippen LogP contribution < -0.4 is 10.6 Å². The summed E-state index contributed by atoms with van der Waals surface area (Å²) in [6, 6.07) is 12.5. The van der Waals surface area contributed by atoms with E-state index in [1.807, 2.05) is 31.2 Å². The molecule has 0 saturated carbocycles. The molecular formula is C19H16N6O4. The summed E-state index contributed by atoms with van der Waals surface area (Å²) in [6.07, 6.45) is -0.235. The number of amides is 2. The van der Waals surface area contributed by atoms with Gasteiger partial charge in [0.25, 0.3) is 11.6 Å². The number of para-hydroxylation sites is 2. The maximum atomic E-state index is 12.4. The molecule has 1 aliphatic rings. The molecule has 1 aromatic heterocycles. The van der Waals surface area contributed by atoms with Crippen LogP contribution in [-0.4, -0.2) is 31.5 Å². The van der Waals surface area contributed by atoms with Gasteiger partial charge in [-0.2, -0.15) is 4.98 Å². The molecule has 0 saturated heterocycles. The van der Waals surface area contributed by atoms with Crippen molar-refractivity contribution in [2.75, 3.05) is 10.6 Å². The molecule has 146 valence electrons. The summed E-state index contributed by atoms with van der Waals surface area (Å²) in [5, 5.41) is 20.6. The second-order valence-corrected chi connectivity index (χ2v) is 6.60. The van der Waals surface area contributed by atoms with Gasteiger partial charge in [-0.05, 0) is 13.0 Å². The first kappa shape index (κ1) is 18.3. The van der Waals surface area contributed by atoms with Crippen molar-refractivity contribution in [3.05, 3.63) is 64.2 Å². The molecule has 2 N–H and O–H groups in total. The number of nitrogens with zero attached hydrogens (tertiary/aromatic N) is 4. The first-order valence-electron chi connectivity index (χ1n) is 8.80. The highest BCUT2D eigenvalue weighted by molar-refractivity contribution is 6.01. The van der Waals surface area contributed by atoms with Crippen LogP contribution in [0.3, 0.4) is 0 Å². The van der Waals surface area contributed by atoms with Crippen LogP contribution in [0.1, 0.15) is 18.0 Å². The first-order chi connectivity index (χ1) is 13.9. The molecule has 10 nitrogen and oxygen atoms in total. The fourth-order valence-electron chi connectivity index (χ4n) is 3.05. The summed E-state index contributed by atoms with van der Waals surface area (Å²) in [4.78, 5) is 39.5. The topological polar surface area (TPSA) is 132 Å². The van der Waals surface area contributed by atoms with Gasteiger partial charge in [-0.15, -0.1) is 5.10 Å². The number of carbonyl (C=O) groups is 2. The van der Waals surface area contributed by atoms with Crippen LogP contribution in [0.4, 0.5) is 17.3 Å². The van der Waals surface area contributed by atoms with Crippen LogP contribution in [0.5, 0.6) is 0 Å². The third kappa shape index (κ3) is 3.55. The fraction of sp³-hybridized carbons (Fsp3) is 0.158. The molecule has 2 heterocycles. The second-order valence-electron chi connectivity index (χ2n) is 6.60. The Kier molecular flexibility index (Phi) is 4.51. The summed E-state index contributed by atoms with van der Waals surface area (Å²) in [5.74, 6) is -0.258. The minimum atomic E-state index is -0.889. The highest BCUT2D eigenvalue weighted by Gasteiger charge is 2.35. The summed E-state index contributed by atoms with van der Waals surface area (Å²) >= 11 is 0. The van der Waals surface area contributed by atoms with Gasteiger partial charge < -0.3 is 5.32 Å². The maximum Gasteiger partial charge on any atom is 0.292 e. The third-order valence-electron chi connectivity index (χ3n) is 4.53.